The first-order valence-corrected chi connectivity index (χ1v) is 11.9. The number of hydrogen-bond acceptors (Lipinski definition) is 5. The number of carbonyl (C=O) groups is 1. The molecule has 1 saturated heterocycles. The third kappa shape index (κ3) is 7.47. The highest BCUT2D eigenvalue weighted by Gasteiger charge is 2.10. The van der Waals surface area contributed by atoms with Crippen LogP contribution in [0.4, 0.5) is 4.39 Å². The maximum absolute atomic E-state index is 13.2. The molecule has 4 rings (SSSR count). The van der Waals surface area contributed by atoms with E-state index in [1.807, 2.05) is 48.7 Å². The summed E-state index contributed by atoms with van der Waals surface area (Å²) < 4.78 is 24.4. The molecule has 0 atom stereocenters. The Labute approximate surface area is 200 Å². The molecular formula is C28H31FN2O3. The van der Waals surface area contributed by atoms with Gasteiger partial charge in [0.05, 0.1) is 13.2 Å². The summed E-state index contributed by atoms with van der Waals surface area (Å²) in [6.45, 7) is 4.96. The van der Waals surface area contributed by atoms with Gasteiger partial charge in [-0.3, -0.25) is 9.69 Å². The van der Waals surface area contributed by atoms with Crippen LogP contribution < -0.4 is 4.74 Å². The molecular weight excluding hydrogens is 431 g/mol. The predicted molar refractivity (Wildman–Crippen MR) is 130 cm³/mol. The van der Waals surface area contributed by atoms with E-state index in [0.717, 1.165) is 61.5 Å². The Morgan fingerprint density at radius 2 is 1.79 bits per heavy atom. The Morgan fingerprint density at radius 1 is 1.00 bits per heavy atom. The molecule has 6 heteroatoms. The van der Waals surface area contributed by atoms with Crippen LogP contribution >= 0.6 is 0 Å². The van der Waals surface area contributed by atoms with Crippen molar-refractivity contribution in [2.24, 2.45) is 0 Å². The number of hydrogen-bond donors (Lipinski definition) is 0. The lowest BCUT2D eigenvalue weighted by atomic mass is 10.00. The maximum Gasteiger partial charge on any atom is 0.213 e. The fourth-order valence-electron chi connectivity index (χ4n) is 4.05. The van der Waals surface area contributed by atoms with E-state index in [9.17, 15) is 9.18 Å². The Hall–Kier alpha value is -3.09. The SMILES string of the molecule is O=C(CCCc1cccc(F)c1)Cc1ccc(-c2ccc(OCCN3CCOCC3)nc2)cc1. The fraction of sp³-hybridized carbons (Fsp3) is 0.357. The highest BCUT2D eigenvalue weighted by atomic mass is 19.1. The van der Waals surface area contributed by atoms with Gasteiger partial charge in [-0.1, -0.05) is 36.4 Å². The summed E-state index contributed by atoms with van der Waals surface area (Å²) in [5.74, 6) is 0.590. The molecule has 0 spiro atoms. The zero-order valence-electron chi connectivity index (χ0n) is 19.4. The molecule has 2 aromatic carbocycles. The van der Waals surface area contributed by atoms with Crippen molar-refractivity contribution in [1.82, 2.24) is 9.88 Å². The summed E-state index contributed by atoms with van der Waals surface area (Å²) in [7, 11) is 0. The number of carbonyl (C=O) groups excluding carboxylic acids is 1. The summed E-state index contributed by atoms with van der Waals surface area (Å²) in [6.07, 6.45) is 4.17. The second-order valence-corrected chi connectivity index (χ2v) is 8.58. The largest absolute Gasteiger partial charge is 0.476 e. The molecule has 0 aliphatic carbocycles. The van der Waals surface area contributed by atoms with Crippen molar-refractivity contribution in [3.05, 3.63) is 83.8 Å². The molecule has 178 valence electrons. The monoisotopic (exact) mass is 462 g/mol. The van der Waals surface area contributed by atoms with E-state index in [1.165, 1.54) is 12.1 Å². The van der Waals surface area contributed by atoms with Crippen LogP contribution in [0.2, 0.25) is 0 Å². The minimum atomic E-state index is -0.231. The summed E-state index contributed by atoms with van der Waals surface area (Å²) in [4.78, 5) is 19.1. The molecule has 5 nitrogen and oxygen atoms in total. The summed E-state index contributed by atoms with van der Waals surface area (Å²) in [5, 5.41) is 0. The number of halogens is 1. The van der Waals surface area contributed by atoms with E-state index >= 15 is 0 Å². The van der Waals surface area contributed by atoms with Crippen molar-refractivity contribution in [3.63, 3.8) is 0 Å². The lowest BCUT2D eigenvalue weighted by molar-refractivity contribution is -0.118. The number of aromatic nitrogens is 1. The normalized spacial score (nSPS) is 14.1. The second-order valence-electron chi connectivity index (χ2n) is 8.58. The van der Waals surface area contributed by atoms with Crippen LogP contribution in [0.25, 0.3) is 11.1 Å². The van der Waals surface area contributed by atoms with E-state index in [-0.39, 0.29) is 11.6 Å². The van der Waals surface area contributed by atoms with Crippen LogP contribution in [0.15, 0.2) is 66.9 Å². The zero-order chi connectivity index (χ0) is 23.6. The Kier molecular flexibility index (Phi) is 8.77. The smallest absolute Gasteiger partial charge is 0.213 e. The van der Waals surface area contributed by atoms with Crippen molar-refractivity contribution in [1.29, 1.82) is 0 Å². The zero-order valence-corrected chi connectivity index (χ0v) is 19.4. The van der Waals surface area contributed by atoms with Gasteiger partial charge >= 0.3 is 0 Å². The van der Waals surface area contributed by atoms with E-state index in [0.29, 0.717) is 31.7 Å². The highest BCUT2D eigenvalue weighted by Crippen LogP contribution is 2.21. The molecule has 1 aliphatic heterocycles. The second kappa shape index (κ2) is 12.4. The first kappa shape index (κ1) is 24.0. The van der Waals surface area contributed by atoms with Crippen LogP contribution in [-0.4, -0.2) is 55.1 Å². The molecule has 0 radical (unpaired) electrons. The molecule has 34 heavy (non-hydrogen) atoms. The van der Waals surface area contributed by atoms with Gasteiger partial charge in [0.1, 0.15) is 18.2 Å². The van der Waals surface area contributed by atoms with Crippen LogP contribution in [0.1, 0.15) is 24.0 Å². The molecule has 0 unspecified atom stereocenters. The number of ether oxygens (including phenoxy) is 2. The van der Waals surface area contributed by atoms with Gasteiger partial charge in [0.15, 0.2) is 0 Å². The number of Topliss-reactive ketones (excluding diaryl/α,β-unsaturated/α-hetero) is 1. The van der Waals surface area contributed by atoms with E-state index < -0.39 is 0 Å². The minimum Gasteiger partial charge on any atom is -0.476 e. The van der Waals surface area contributed by atoms with E-state index in [4.69, 9.17) is 9.47 Å². The topological polar surface area (TPSA) is 51.7 Å². The summed E-state index contributed by atoms with van der Waals surface area (Å²) >= 11 is 0. The lowest BCUT2D eigenvalue weighted by Gasteiger charge is -2.26. The third-order valence-corrected chi connectivity index (χ3v) is 6.00. The van der Waals surface area contributed by atoms with E-state index in [1.54, 1.807) is 6.07 Å². The van der Waals surface area contributed by atoms with Gasteiger partial charge in [-0.05, 0) is 47.7 Å². The quantitative estimate of drug-likeness (QED) is 0.412. The lowest BCUT2D eigenvalue weighted by Crippen LogP contribution is -2.38. The molecule has 1 aliphatic rings. The molecule has 0 bridgehead atoms. The van der Waals surface area contributed by atoms with Gasteiger partial charge < -0.3 is 9.47 Å². The number of nitrogens with zero attached hydrogens (tertiary/aromatic N) is 2. The molecule has 0 N–H and O–H groups in total. The van der Waals surface area contributed by atoms with Crippen LogP contribution in [0.3, 0.4) is 0 Å². The number of ketones is 1. The molecule has 0 saturated carbocycles. The van der Waals surface area contributed by atoms with Crippen molar-refractivity contribution in [3.8, 4) is 17.0 Å². The number of morpholine rings is 1. The number of rotatable bonds is 11. The molecule has 1 fully saturated rings. The summed E-state index contributed by atoms with van der Waals surface area (Å²) in [6, 6.07) is 18.5. The average Bonchev–Trinajstić information content (AvgIpc) is 2.86. The molecule has 3 aromatic rings. The van der Waals surface area contributed by atoms with Crippen molar-refractivity contribution < 1.29 is 18.7 Å². The maximum atomic E-state index is 13.2. The molecule has 0 amide bonds. The molecule has 2 heterocycles. The fourth-order valence-corrected chi connectivity index (χ4v) is 4.05. The van der Waals surface area contributed by atoms with Crippen LogP contribution in [-0.2, 0) is 22.4 Å². The van der Waals surface area contributed by atoms with Gasteiger partial charge in [0.25, 0.3) is 0 Å². The predicted octanol–water partition coefficient (Wildman–Crippen LogP) is 4.73. The summed E-state index contributed by atoms with van der Waals surface area (Å²) in [5.41, 5.74) is 3.98. The Balaban J connectivity index is 1.20. The van der Waals surface area contributed by atoms with Gasteiger partial charge in [-0.2, -0.15) is 0 Å². The van der Waals surface area contributed by atoms with E-state index in [2.05, 4.69) is 9.88 Å². The van der Waals surface area contributed by atoms with Gasteiger partial charge in [0, 0.05) is 50.3 Å². The average molecular weight is 463 g/mol. The third-order valence-electron chi connectivity index (χ3n) is 6.00. The first-order chi connectivity index (χ1) is 16.7. The van der Waals surface area contributed by atoms with Crippen molar-refractivity contribution >= 4 is 5.78 Å². The van der Waals surface area contributed by atoms with Crippen molar-refractivity contribution in [2.45, 2.75) is 25.7 Å². The number of aryl methyl sites for hydroxylation is 1. The standard InChI is InChI=1S/C28H31FN2O3/c29-26-5-1-3-22(19-26)4-2-6-27(32)20-23-7-9-24(10-8-23)25-11-12-28(30-21-25)34-18-15-31-13-16-33-17-14-31/h1,3,5,7-12,19,21H,2,4,6,13-18,20H2. The Morgan fingerprint density at radius 3 is 2.53 bits per heavy atom. The van der Waals surface area contributed by atoms with Crippen LogP contribution in [0, 0.1) is 5.82 Å². The van der Waals surface area contributed by atoms with Gasteiger partial charge in [-0.15, -0.1) is 0 Å². The first-order valence-electron chi connectivity index (χ1n) is 11.9. The highest BCUT2D eigenvalue weighted by molar-refractivity contribution is 5.81. The minimum absolute atomic E-state index is 0.199. The number of pyridine rings is 1. The molecule has 1 aromatic heterocycles. The number of benzene rings is 2. The van der Waals surface area contributed by atoms with Gasteiger partial charge in [0.2, 0.25) is 5.88 Å². The van der Waals surface area contributed by atoms with Crippen LogP contribution in [0.5, 0.6) is 5.88 Å². The van der Waals surface area contributed by atoms with Gasteiger partial charge in [-0.25, -0.2) is 9.37 Å². The Bertz CT molecular complexity index is 1050. The van der Waals surface area contributed by atoms with Crippen molar-refractivity contribution in [2.75, 3.05) is 39.5 Å².